The quantitative estimate of drug-likeness (QED) is 0.118. The third-order valence-electron chi connectivity index (χ3n) is 6.72. The molecule has 5 rings (SSSR count). The van der Waals surface area contributed by atoms with Crippen LogP contribution in [0, 0.1) is 12.7 Å². The van der Waals surface area contributed by atoms with E-state index in [4.69, 9.17) is 21.1 Å². The molecular weight excluding hydrogens is 595 g/mol. The molecule has 228 valence electrons. The number of rotatable bonds is 11. The minimum atomic E-state index is -0.457. The van der Waals surface area contributed by atoms with E-state index in [1.165, 1.54) is 30.5 Å². The molecule has 0 aliphatic heterocycles. The Morgan fingerprint density at radius 1 is 0.933 bits per heavy atom. The molecule has 0 unspecified atom stereocenters. The highest BCUT2D eigenvalue weighted by Crippen LogP contribution is 2.36. The highest BCUT2D eigenvalue weighted by molar-refractivity contribution is 6.32. The Kier molecular flexibility index (Phi) is 9.91. The number of carbonyl (C=O) groups is 2. The van der Waals surface area contributed by atoms with E-state index in [9.17, 15) is 14.0 Å². The topological polar surface area (TPSA) is 93.9 Å². The summed E-state index contributed by atoms with van der Waals surface area (Å²) in [6.07, 6.45) is 1.43. The van der Waals surface area contributed by atoms with Crippen molar-refractivity contribution >= 4 is 35.3 Å². The molecule has 0 fully saturated rings. The van der Waals surface area contributed by atoms with Crippen LogP contribution in [0.25, 0.3) is 16.9 Å². The van der Waals surface area contributed by atoms with Crippen molar-refractivity contribution in [3.8, 4) is 28.4 Å². The fourth-order valence-corrected chi connectivity index (χ4v) is 4.91. The number of hydrazone groups is 1. The maximum absolute atomic E-state index is 13.1. The summed E-state index contributed by atoms with van der Waals surface area (Å²) in [5.74, 6) is -0.758. The van der Waals surface area contributed by atoms with Crippen molar-refractivity contribution < 1.29 is 23.5 Å². The smallest absolute Gasteiger partial charge is 0.271 e. The fraction of sp³-hybridized carbons (Fsp3) is 0.114. The van der Waals surface area contributed by atoms with Gasteiger partial charge < -0.3 is 19.4 Å². The largest absolute Gasteiger partial charge is 0.490 e. The van der Waals surface area contributed by atoms with Gasteiger partial charge in [-0.15, -0.1) is 0 Å². The highest BCUT2D eigenvalue weighted by Gasteiger charge is 2.15. The number of aryl methyl sites for hydroxylation is 1. The van der Waals surface area contributed by atoms with Crippen LogP contribution in [-0.4, -0.2) is 35.8 Å². The van der Waals surface area contributed by atoms with Gasteiger partial charge in [0.05, 0.1) is 23.5 Å². The van der Waals surface area contributed by atoms with Gasteiger partial charge in [0.15, 0.2) is 18.1 Å². The van der Waals surface area contributed by atoms with Gasteiger partial charge in [-0.05, 0) is 97.8 Å². The summed E-state index contributed by atoms with van der Waals surface area (Å²) in [5, 5.41) is 6.89. The van der Waals surface area contributed by atoms with E-state index < -0.39 is 11.7 Å². The number of benzene rings is 4. The molecular formula is C35H30ClFN4O4. The van der Waals surface area contributed by atoms with Crippen molar-refractivity contribution in [3.05, 3.63) is 131 Å². The van der Waals surface area contributed by atoms with E-state index in [-0.39, 0.29) is 23.3 Å². The molecule has 5 aromatic rings. The van der Waals surface area contributed by atoms with Crippen molar-refractivity contribution in [1.82, 2.24) is 9.99 Å². The number of nitrogens with zero attached hydrogens (tertiary/aromatic N) is 2. The number of anilines is 1. The minimum absolute atomic E-state index is 0.183. The van der Waals surface area contributed by atoms with Crippen molar-refractivity contribution in [2.45, 2.75) is 13.8 Å². The molecule has 0 saturated carbocycles. The summed E-state index contributed by atoms with van der Waals surface area (Å²) in [4.78, 5) is 25.1. The fourth-order valence-electron chi connectivity index (χ4n) is 4.64. The molecule has 0 aliphatic carbocycles. The number of ether oxygens (including phenoxy) is 2. The average molecular weight is 625 g/mol. The molecule has 10 heteroatoms. The highest BCUT2D eigenvalue weighted by atomic mass is 35.5. The molecule has 4 aromatic carbocycles. The van der Waals surface area contributed by atoms with Gasteiger partial charge >= 0.3 is 0 Å². The number of hydrogen-bond donors (Lipinski definition) is 2. The lowest BCUT2D eigenvalue weighted by atomic mass is 10.1. The Hall–Kier alpha value is -5.41. The Morgan fingerprint density at radius 2 is 1.67 bits per heavy atom. The van der Waals surface area contributed by atoms with Crippen LogP contribution in [0.2, 0.25) is 5.02 Å². The van der Waals surface area contributed by atoms with Crippen molar-refractivity contribution in [2.24, 2.45) is 5.10 Å². The van der Waals surface area contributed by atoms with Crippen molar-refractivity contribution in [1.29, 1.82) is 0 Å². The second-order valence-electron chi connectivity index (χ2n) is 9.91. The lowest BCUT2D eigenvalue weighted by molar-refractivity contribution is -0.118. The number of amides is 2. The van der Waals surface area contributed by atoms with E-state index in [0.29, 0.717) is 29.2 Å². The summed E-state index contributed by atoms with van der Waals surface area (Å²) in [6.45, 7) is 3.80. The molecule has 45 heavy (non-hydrogen) atoms. The summed E-state index contributed by atoms with van der Waals surface area (Å²) in [7, 11) is 0. The van der Waals surface area contributed by atoms with Crippen LogP contribution in [0.15, 0.2) is 108 Å². The van der Waals surface area contributed by atoms with Gasteiger partial charge in [-0.3, -0.25) is 9.59 Å². The van der Waals surface area contributed by atoms with E-state index >= 15 is 0 Å². The standard InChI is InChI=1S/C35H30ClFN4O4/c1-3-44-32-20-24(19-30(36)34(32)45-22-33(42)39-28-14-12-27(37)13-15-28)21-38-40-35(43)26-10-16-29(17-11-26)41-23(2)9-18-31(41)25-7-5-4-6-8-25/h4-21H,3,22H2,1-2H3,(H,39,42)(H,40,43)/b38-21+. The number of carbonyl (C=O) groups excluding carboxylic acids is 2. The van der Waals surface area contributed by atoms with Crippen LogP contribution >= 0.6 is 11.6 Å². The molecule has 1 aromatic heterocycles. The lowest BCUT2D eigenvalue weighted by Crippen LogP contribution is -2.20. The summed E-state index contributed by atoms with van der Waals surface area (Å²) in [6, 6.07) is 30.1. The SMILES string of the molecule is CCOc1cc(/C=N/NC(=O)c2ccc(-n3c(C)ccc3-c3ccccc3)cc2)cc(Cl)c1OCC(=O)Nc1ccc(F)cc1. The lowest BCUT2D eigenvalue weighted by Gasteiger charge is -2.14. The van der Waals surface area contributed by atoms with Crippen LogP contribution in [0.4, 0.5) is 10.1 Å². The van der Waals surface area contributed by atoms with Gasteiger partial charge in [0.2, 0.25) is 0 Å². The van der Waals surface area contributed by atoms with Crippen LogP contribution in [0.5, 0.6) is 11.5 Å². The van der Waals surface area contributed by atoms with Crippen molar-refractivity contribution in [2.75, 3.05) is 18.5 Å². The first-order valence-corrected chi connectivity index (χ1v) is 14.5. The minimum Gasteiger partial charge on any atom is -0.490 e. The normalized spacial score (nSPS) is 10.9. The number of aromatic nitrogens is 1. The Labute approximate surface area is 265 Å². The first-order chi connectivity index (χ1) is 21.8. The average Bonchev–Trinajstić information content (AvgIpc) is 3.43. The number of nitrogens with one attached hydrogen (secondary N) is 2. The predicted octanol–water partition coefficient (Wildman–Crippen LogP) is 7.43. The number of halogens is 2. The van der Waals surface area contributed by atoms with Gasteiger partial charge in [-0.25, -0.2) is 9.82 Å². The van der Waals surface area contributed by atoms with Gasteiger partial charge in [0.1, 0.15) is 5.82 Å². The zero-order valence-corrected chi connectivity index (χ0v) is 25.3. The molecule has 1 heterocycles. The van der Waals surface area contributed by atoms with Crippen molar-refractivity contribution in [3.63, 3.8) is 0 Å². The maximum atomic E-state index is 13.1. The molecule has 2 N–H and O–H groups in total. The van der Waals surface area contributed by atoms with Gasteiger partial charge in [0, 0.05) is 22.6 Å². The first-order valence-electron chi connectivity index (χ1n) is 14.1. The molecule has 0 aliphatic rings. The van der Waals surface area contributed by atoms with Crippen LogP contribution in [0.1, 0.15) is 28.5 Å². The number of hydrogen-bond acceptors (Lipinski definition) is 5. The van der Waals surface area contributed by atoms with Gasteiger partial charge in [0.25, 0.3) is 11.8 Å². The third-order valence-corrected chi connectivity index (χ3v) is 7.00. The molecule has 0 bridgehead atoms. The van der Waals surface area contributed by atoms with E-state index in [0.717, 1.165) is 22.6 Å². The second-order valence-corrected chi connectivity index (χ2v) is 10.3. The molecule has 0 spiro atoms. The van der Waals surface area contributed by atoms with Gasteiger partial charge in [-0.1, -0.05) is 41.9 Å². The Morgan fingerprint density at radius 3 is 2.38 bits per heavy atom. The molecule has 2 amide bonds. The van der Waals surface area contributed by atoms with E-state index in [2.05, 4.69) is 44.7 Å². The van der Waals surface area contributed by atoms with Crippen LogP contribution < -0.4 is 20.2 Å². The Bertz CT molecular complexity index is 1820. The second kappa shape index (κ2) is 14.4. The molecule has 8 nitrogen and oxygen atoms in total. The molecule has 0 radical (unpaired) electrons. The first kappa shape index (κ1) is 31.0. The summed E-state index contributed by atoms with van der Waals surface area (Å²) in [5.41, 5.74) is 8.11. The molecule has 0 saturated heterocycles. The Balaban J connectivity index is 1.22. The molecule has 0 atom stereocenters. The maximum Gasteiger partial charge on any atom is 0.271 e. The van der Waals surface area contributed by atoms with E-state index in [1.807, 2.05) is 37.3 Å². The summed E-state index contributed by atoms with van der Waals surface area (Å²) < 4.78 is 26.6. The van der Waals surface area contributed by atoms with Gasteiger partial charge in [-0.2, -0.15) is 5.10 Å². The zero-order chi connectivity index (χ0) is 31.8. The zero-order valence-electron chi connectivity index (χ0n) is 24.6. The van der Waals surface area contributed by atoms with Crippen LogP contribution in [0.3, 0.4) is 0 Å². The van der Waals surface area contributed by atoms with E-state index in [1.54, 1.807) is 31.2 Å². The monoisotopic (exact) mass is 624 g/mol. The predicted molar refractivity (Wildman–Crippen MR) is 174 cm³/mol. The summed E-state index contributed by atoms with van der Waals surface area (Å²) >= 11 is 6.46. The third kappa shape index (κ3) is 7.76. The van der Waals surface area contributed by atoms with Crippen LogP contribution in [-0.2, 0) is 4.79 Å².